The first kappa shape index (κ1) is 14.6. The van der Waals surface area contributed by atoms with Gasteiger partial charge >= 0.3 is 0 Å². The highest BCUT2D eigenvalue weighted by molar-refractivity contribution is 7.89. The standard InChI is InChI=1S/C11H15N3O2S3/c1-8-6-18-11(14-8)2-3-13-19(15,16)10-4-9(5-12)17-7-10/h4,6-7,13H,2-3,5,12H2,1H3. The van der Waals surface area contributed by atoms with Crippen molar-refractivity contribution in [3.63, 3.8) is 0 Å². The Bertz CT molecular complexity index is 646. The Balaban J connectivity index is 1.94. The number of nitrogens with zero attached hydrogens (tertiary/aromatic N) is 1. The van der Waals surface area contributed by atoms with Crippen molar-refractivity contribution in [2.45, 2.75) is 24.8 Å². The van der Waals surface area contributed by atoms with Crippen LogP contribution in [0.15, 0.2) is 21.7 Å². The van der Waals surface area contributed by atoms with Gasteiger partial charge in [-0.1, -0.05) is 0 Å². The van der Waals surface area contributed by atoms with Crippen LogP contribution in [-0.2, 0) is 23.0 Å². The molecule has 19 heavy (non-hydrogen) atoms. The molecule has 0 aliphatic rings. The summed E-state index contributed by atoms with van der Waals surface area (Å²) < 4.78 is 26.6. The number of thiazole rings is 1. The van der Waals surface area contributed by atoms with Gasteiger partial charge in [-0.25, -0.2) is 18.1 Å². The second kappa shape index (κ2) is 6.10. The number of aryl methyl sites for hydroxylation is 1. The molecule has 2 aromatic heterocycles. The fourth-order valence-corrected chi connectivity index (χ4v) is 4.46. The lowest BCUT2D eigenvalue weighted by molar-refractivity contribution is 0.582. The number of aromatic nitrogens is 1. The number of rotatable bonds is 6. The van der Waals surface area contributed by atoms with Gasteiger partial charge in [0.15, 0.2) is 0 Å². The van der Waals surface area contributed by atoms with Crippen molar-refractivity contribution in [2.75, 3.05) is 6.54 Å². The molecule has 0 aliphatic carbocycles. The van der Waals surface area contributed by atoms with Crippen molar-refractivity contribution >= 4 is 32.7 Å². The number of nitrogens with two attached hydrogens (primary N) is 1. The Morgan fingerprint density at radius 1 is 1.37 bits per heavy atom. The molecule has 5 nitrogen and oxygen atoms in total. The average Bonchev–Trinajstić information content (AvgIpc) is 2.98. The summed E-state index contributed by atoms with van der Waals surface area (Å²) >= 11 is 2.90. The van der Waals surface area contributed by atoms with Gasteiger partial charge in [0.05, 0.1) is 9.90 Å². The van der Waals surface area contributed by atoms with Crippen LogP contribution < -0.4 is 10.5 Å². The zero-order chi connectivity index (χ0) is 13.9. The summed E-state index contributed by atoms with van der Waals surface area (Å²) in [6.07, 6.45) is 0.603. The lowest BCUT2D eigenvalue weighted by Gasteiger charge is -2.03. The molecular weight excluding hydrogens is 302 g/mol. The predicted octanol–water partition coefficient (Wildman–Crippen LogP) is 1.49. The van der Waals surface area contributed by atoms with Gasteiger partial charge in [0.1, 0.15) is 0 Å². The average molecular weight is 317 g/mol. The summed E-state index contributed by atoms with van der Waals surface area (Å²) in [5, 5.41) is 4.50. The second-order valence-electron chi connectivity index (χ2n) is 3.98. The zero-order valence-corrected chi connectivity index (χ0v) is 12.9. The highest BCUT2D eigenvalue weighted by atomic mass is 32.2. The SMILES string of the molecule is Cc1csc(CCNS(=O)(=O)c2csc(CN)c2)n1. The van der Waals surface area contributed by atoms with Crippen molar-refractivity contribution in [2.24, 2.45) is 5.73 Å². The van der Waals surface area contributed by atoms with Crippen LogP contribution in [0.25, 0.3) is 0 Å². The molecule has 2 rings (SSSR count). The van der Waals surface area contributed by atoms with Gasteiger partial charge in [-0.2, -0.15) is 0 Å². The molecule has 0 saturated carbocycles. The smallest absolute Gasteiger partial charge is 0.241 e. The maximum Gasteiger partial charge on any atom is 0.241 e. The third kappa shape index (κ3) is 3.83. The fraction of sp³-hybridized carbons (Fsp3) is 0.364. The summed E-state index contributed by atoms with van der Waals surface area (Å²) in [4.78, 5) is 5.43. The van der Waals surface area contributed by atoms with Crippen LogP contribution in [0, 0.1) is 6.92 Å². The molecule has 0 amide bonds. The number of nitrogens with one attached hydrogen (secondary N) is 1. The van der Waals surface area contributed by atoms with Gasteiger partial charge in [0.2, 0.25) is 10.0 Å². The molecule has 0 bridgehead atoms. The molecule has 8 heteroatoms. The largest absolute Gasteiger partial charge is 0.326 e. The van der Waals surface area contributed by atoms with Gasteiger partial charge < -0.3 is 5.73 Å². The molecule has 0 radical (unpaired) electrons. The van der Waals surface area contributed by atoms with E-state index in [9.17, 15) is 8.42 Å². The first-order valence-electron chi connectivity index (χ1n) is 5.69. The van der Waals surface area contributed by atoms with Gasteiger partial charge in [0, 0.05) is 40.8 Å². The second-order valence-corrected chi connectivity index (χ2v) is 7.69. The van der Waals surface area contributed by atoms with E-state index >= 15 is 0 Å². The minimum absolute atomic E-state index is 0.285. The van der Waals surface area contributed by atoms with Crippen LogP contribution in [0.1, 0.15) is 15.6 Å². The Morgan fingerprint density at radius 2 is 2.16 bits per heavy atom. The fourth-order valence-electron chi connectivity index (χ4n) is 1.50. The van der Waals surface area contributed by atoms with E-state index in [1.807, 2.05) is 12.3 Å². The Hall–Kier alpha value is -0.800. The van der Waals surface area contributed by atoms with E-state index in [1.165, 1.54) is 11.3 Å². The molecule has 0 aromatic carbocycles. The minimum Gasteiger partial charge on any atom is -0.326 e. The minimum atomic E-state index is -3.43. The summed E-state index contributed by atoms with van der Waals surface area (Å²) in [5.41, 5.74) is 6.44. The lowest BCUT2D eigenvalue weighted by Crippen LogP contribution is -2.25. The van der Waals surface area contributed by atoms with E-state index < -0.39 is 10.0 Å². The van der Waals surface area contributed by atoms with Crippen LogP contribution in [0.4, 0.5) is 0 Å². The molecule has 2 aromatic rings. The molecule has 0 fully saturated rings. The summed E-state index contributed by atoms with van der Waals surface area (Å²) in [7, 11) is -3.43. The van der Waals surface area contributed by atoms with E-state index in [0.717, 1.165) is 15.6 Å². The van der Waals surface area contributed by atoms with Gasteiger partial charge in [0.25, 0.3) is 0 Å². The molecule has 0 atom stereocenters. The van der Waals surface area contributed by atoms with Gasteiger partial charge in [-0.05, 0) is 13.0 Å². The summed E-state index contributed by atoms with van der Waals surface area (Å²) in [6.45, 7) is 2.63. The van der Waals surface area contributed by atoms with Crippen LogP contribution in [0.5, 0.6) is 0 Å². The van der Waals surface area contributed by atoms with Crippen molar-refractivity contribution in [3.8, 4) is 0 Å². The third-order valence-corrected chi connectivity index (χ3v) is 6.01. The maximum absolute atomic E-state index is 12.0. The van der Waals surface area contributed by atoms with Crippen molar-refractivity contribution < 1.29 is 8.42 Å². The Labute approximate surface area is 120 Å². The number of thiophene rings is 1. The molecule has 0 unspecified atom stereocenters. The maximum atomic E-state index is 12.0. The highest BCUT2D eigenvalue weighted by Crippen LogP contribution is 2.18. The molecule has 0 saturated heterocycles. The number of hydrogen-bond acceptors (Lipinski definition) is 6. The number of sulfonamides is 1. The van der Waals surface area contributed by atoms with Crippen LogP contribution in [0.3, 0.4) is 0 Å². The molecule has 0 aliphatic heterocycles. The normalized spacial score (nSPS) is 11.9. The predicted molar refractivity (Wildman–Crippen MR) is 78.0 cm³/mol. The van der Waals surface area contributed by atoms with E-state index in [2.05, 4.69) is 9.71 Å². The number of hydrogen-bond donors (Lipinski definition) is 2. The molecule has 0 spiro atoms. The molecule has 3 N–H and O–H groups in total. The Morgan fingerprint density at radius 3 is 2.74 bits per heavy atom. The molecule has 2 heterocycles. The van der Waals surface area contributed by atoms with Crippen LogP contribution in [0.2, 0.25) is 0 Å². The Kier molecular flexibility index (Phi) is 4.69. The lowest BCUT2D eigenvalue weighted by atomic mass is 10.4. The summed E-state index contributed by atoms with van der Waals surface area (Å²) in [5.74, 6) is 0. The van der Waals surface area contributed by atoms with Gasteiger partial charge in [-0.15, -0.1) is 22.7 Å². The quantitative estimate of drug-likeness (QED) is 0.845. The highest BCUT2D eigenvalue weighted by Gasteiger charge is 2.15. The summed E-state index contributed by atoms with van der Waals surface area (Å²) in [6, 6.07) is 1.61. The van der Waals surface area contributed by atoms with Gasteiger partial charge in [-0.3, -0.25) is 0 Å². The topological polar surface area (TPSA) is 85.1 Å². The van der Waals surface area contributed by atoms with E-state index in [0.29, 0.717) is 19.5 Å². The van der Waals surface area contributed by atoms with E-state index in [-0.39, 0.29) is 4.90 Å². The first-order chi connectivity index (χ1) is 9.01. The van der Waals surface area contributed by atoms with E-state index in [4.69, 9.17) is 5.73 Å². The van der Waals surface area contributed by atoms with E-state index in [1.54, 1.807) is 22.8 Å². The monoisotopic (exact) mass is 317 g/mol. The van der Waals surface area contributed by atoms with Crippen molar-refractivity contribution in [1.29, 1.82) is 0 Å². The molecular formula is C11H15N3O2S3. The van der Waals surface area contributed by atoms with Crippen LogP contribution >= 0.6 is 22.7 Å². The van der Waals surface area contributed by atoms with Crippen LogP contribution in [-0.4, -0.2) is 19.9 Å². The first-order valence-corrected chi connectivity index (χ1v) is 8.93. The zero-order valence-electron chi connectivity index (χ0n) is 10.4. The third-order valence-electron chi connectivity index (χ3n) is 2.44. The molecule has 104 valence electrons. The van der Waals surface area contributed by atoms with Crippen molar-refractivity contribution in [3.05, 3.63) is 32.4 Å². The van der Waals surface area contributed by atoms with Crippen molar-refractivity contribution in [1.82, 2.24) is 9.71 Å².